The van der Waals surface area contributed by atoms with E-state index in [-0.39, 0.29) is 36.0 Å². The third-order valence-corrected chi connectivity index (χ3v) is 6.22. The fourth-order valence-electron chi connectivity index (χ4n) is 4.70. The van der Waals surface area contributed by atoms with E-state index in [0.29, 0.717) is 6.54 Å². The van der Waals surface area contributed by atoms with Gasteiger partial charge in [-0.25, -0.2) is 4.39 Å². The average Bonchev–Trinajstić information content (AvgIpc) is 3.53. The van der Waals surface area contributed by atoms with Crippen molar-refractivity contribution >= 4 is 17.5 Å². The number of rotatable bonds is 3. The van der Waals surface area contributed by atoms with Gasteiger partial charge in [0.1, 0.15) is 5.82 Å². The van der Waals surface area contributed by atoms with Gasteiger partial charge in [-0.3, -0.25) is 9.59 Å². The van der Waals surface area contributed by atoms with Crippen LogP contribution in [0.4, 0.5) is 10.1 Å². The summed E-state index contributed by atoms with van der Waals surface area (Å²) in [7, 11) is 0. The van der Waals surface area contributed by atoms with Gasteiger partial charge in [0, 0.05) is 24.1 Å². The molecule has 0 aromatic heterocycles. The summed E-state index contributed by atoms with van der Waals surface area (Å²) in [6.45, 7) is 0.181. The van der Waals surface area contributed by atoms with Crippen LogP contribution in [0.1, 0.15) is 34.7 Å². The third-order valence-electron chi connectivity index (χ3n) is 6.22. The molecule has 6 heteroatoms. The molecular weight excluding hydrogens is 359 g/mol. The zero-order valence-electron chi connectivity index (χ0n) is 15.3. The van der Waals surface area contributed by atoms with Crippen LogP contribution in [-0.4, -0.2) is 47.1 Å². The number of benzene rings is 2. The number of fused-ring (bicyclic) bond motifs is 3. The Morgan fingerprint density at radius 3 is 2.50 bits per heavy atom. The van der Waals surface area contributed by atoms with Crippen LogP contribution in [0, 0.1) is 11.7 Å². The lowest BCUT2D eigenvalue weighted by atomic mass is 9.71. The molecule has 2 aromatic carbocycles. The van der Waals surface area contributed by atoms with E-state index in [9.17, 15) is 19.1 Å². The molecule has 28 heavy (non-hydrogen) atoms. The molecule has 2 heterocycles. The molecule has 2 fully saturated rings. The Morgan fingerprint density at radius 2 is 1.79 bits per heavy atom. The van der Waals surface area contributed by atoms with Gasteiger partial charge in [-0.2, -0.15) is 0 Å². The highest BCUT2D eigenvalue weighted by Crippen LogP contribution is 2.49. The number of amides is 2. The maximum atomic E-state index is 14.2. The lowest BCUT2D eigenvalue weighted by Crippen LogP contribution is -2.70. The summed E-state index contributed by atoms with van der Waals surface area (Å²) in [5.41, 5.74) is 1.85. The molecule has 1 N–H and O–H groups in total. The van der Waals surface area contributed by atoms with Crippen LogP contribution in [-0.2, 0) is 4.79 Å². The minimum atomic E-state index is -0.574. The number of anilines is 1. The van der Waals surface area contributed by atoms with Crippen molar-refractivity contribution in [3.8, 4) is 0 Å². The molecule has 3 aliphatic rings. The average molecular weight is 380 g/mol. The molecule has 0 bridgehead atoms. The molecule has 2 aromatic rings. The first-order valence-corrected chi connectivity index (χ1v) is 9.70. The molecular formula is C22H21FN2O3. The summed E-state index contributed by atoms with van der Waals surface area (Å²) < 4.78 is 14.2. The van der Waals surface area contributed by atoms with E-state index in [4.69, 9.17) is 0 Å². The van der Waals surface area contributed by atoms with E-state index in [1.165, 1.54) is 12.1 Å². The van der Waals surface area contributed by atoms with Crippen molar-refractivity contribution in [2.24, 2.45) is 5.92 Å². The first-order valence-electron chi connectivity index (χ1n) is 9.70. The normalized spacial score (nSPS) is 25.6. The summed E-state index contributed by atoms with van der Waals surface area (Å²) in [6.07, 6.45) is 1.81. The van der Waals surface area contributed by atoms with Gasteiger partial charge in [-0.15, -0.1) is 0 Å². The topological polar surface area (TPSA) is 60.9 Å². The highest BCUT2D eigenvalue weighted by Gasteiger charge is 2.56. The van der Waals surface area contributed by atoms with Crippen molar-refractivity contribution in [3.63, 3.8) is 0 Å². The summed E-state index contributed by atoms with van der Waals surface area (Å²) in [5.74, 6) is -0.905. The first kappa shape index (κ1) is 17.4. The third kappa shape index (κ3) is 2.48. The van der Waals surface area contributed by atoms with Crippen molar-refractivity contribution in [1.29, 1.82) is 0 Å². The van der Waals surface area contributed by atoms with E-state index in [1.54, 1.807) is 21.9 Å². The Kier molecular flexibility index (Phi) is 3.98. The number of aliphatic hydroxyl groups is 1. The number of halogens is 1. The highest BCUT2D eigenvalue weighted by atomic mass is 19.1. The maximum Gasteiger partial charge on any atom is 0.257 e. The zero-order valence-corrected chi connectivity index (χ0v) is 15.3. The Labute approximate surface area is 162 Å². The van der Waals surface area contributed by atoms with Crippen LogP contribution in [0.5, 0.6) is 0 Å². The largest absolute Gasteiger partial charge is 0.394 e. The molecule has 0 spiro atoms. The quantitative estimate of drug-likeness (QED) is 0.890. The van der Waals surface area contributed by atoms with Crippen LogP contribution in [0.25, 0.3) is 0 Å². The second kappa shape index (κ2) is 6.41. The second-order valence-electron chi connectivity index (χ2n) is 7.82. The van der Waals surface area contributed by atoms with Gasteiger partial charge < -0.3 is 14.9 Å². The minimum absolute atomic E-state index is 0.00155. The fraction of sp³-hybridized carbons (Fsp3) is 0.364. The van der Waals surface area contributed by atoms with E-state index in [0.717, 1.165) is 24.1 Å². The van der Waals surface area contributed by atoms with Gasteiger partial charge in [0.15, 0.2) is 0 Å². The van der Waals surface area contributed by atoms with Gasteiger partial charge in [-0.1, -0.05) is 30.3 Å². The van der Waals surface area contributed by atoms with Crippen molar-refractivity contribution < 1.29 is 19.1 Å². The lowest BCUT2D eigenvalue weighted by molar-refractivity contribution is -0.120. The molecule has 2 aliphatic heterocycles. The number of hydrogen-bond donors (Lipinski definition) is 1. The summed E-state index contributed by atoms with van der Waals surface area (Å²) in [5, 5.41) is 9.99. The van der Waals surface area contributed by atoms with E-state index < -0.39 is 17.8 Å². The number of carbonyl (C=O) groups excluding carboxylic acids is 2. The molecule has 0 radical (unpaired) electrons. The fourth-order valence-corrected chi connectivity index (χ4v) is 4.70. The van der Waals surface area contributed by atoms with Gasteiger partial charge in [0.05, 0.1) is 24.3 Å². The SMILES string of the molecule is O=C(C1CC1)N1C[C@@H]2[C@H](c3ccccc31)[C@H](CO)N2C(=O)c1ccccc1F. The monoisotopic (exact) mass is 380 g/mol. The maximum absolute atomic E-state index is 14.2. The van der Waals surface area contributed by atoms with Gasteiger partial charge >= 0.3 is 0 Å². The van der Waals surface area contributed by atoms with Crippen molar-refractivity contribution in [2.75, 3.05) is 18.1 Å². The van der Waals surface area contributed by atoms with Crippen LogP contribution < -0.4 is 4.90 Å². The van der Waals surface area contributed by atoms with Crippen molar-refractivity contribution in [2.45, 2.75) is 30.8 Å². The lowest BCUT2D eigenvalue weighted by Gasteiger charge is -2.59. The second-order valence-corrected chi connectivity index (χ2v) is 7.82. The molecule has 5 rings (SSSR count). The van der Waals surface area contributed by atoms with E-state index >= 15 is 0 Å². The highest BCUT2D eigenvalue weighted by molar-refractivity contribution is 6.00. The number of aliphatic hydroxyl groups excluding tert-OH is 1. The molecule has 3 atom stereocenters. The van der Waals surface area contributed by atoms with Gasteiger partial charge in [-0.05, 0) is 36.6 Å². The predicted octanol–water partition coefficient (Wildman–Crippen LogP) is 2.55. The number of hydrogen-bond acceptors (Lipinski definition) is 3. The van der Waals surface area contributed by atoms with Gasteiger partial charge in [0.2, 0.25) is 5.91 Å². The summed E-state index contributed by atoms with van der Waals surface area (Å²) in [6, 6.07) is 12.9. The number of para-hydroxylation sites is 1. The zero-order chi connectivity index (χ0) is 19.4. The van der Waals surface area contributed by atoms with Crippen molar-refractivity contribution in [1.82, 2.24) is 4.90 Å². The van der Waals surface area contributed by atoms with Crippen LogP contribution >= 0.6 is 0 Å². The molecule has 0 unspecified atom stereocenters. The number of likely N-dealkylation sites (tertiary alicyclic amines) is 1. The molecule has 1 saturated carbocycles. The standard InChI is InChI=1S/C22H21FN2O3/c23-16-7-3-1-5-14(16)22(28)25-18-11-24(21(27)13-9-10-13)17-8-4-2-6-15(17)20(18)19(25)12-26/h1-8,13,18-20,26H,9-12H2/t18-,19+,20+/m1/s1. The summed E-state index contributed by atoms with van der Waals surface area (Å²) in [4.78, 5) is 29.3. The van der Waals surface area contributed by atoms with E-state index in [2.05, 4.69) is 0 Å². The Hall–Kier alpha value is -2.73. The van der Waals surface area contributed by atoms with Crippen molar-refractivity contribution in [3.05, 3.63) is 65.5 Å². The first-order chi connectivity index (χ1) is 13.6. The minimum Gasteiger partial charge on any atom is -0.394 e. The summed E-state index contributed by atoms with van der Waals surface area (Å²) >= 11 is 0. The van der Waals surface area contributed by atoms with Gasteiger partial charge in [0.25, 0.3) is 5.91 Å². The van der Waals surface area contributed by atoms with Crippen LogP contribution in [0.15, 0.2) is 48.5 Å². The number of nitrogens with zero attached hydrogens (tertiary/aromatic N) is 2. The molecule has 1 aliphatic carbocycles. The number of carbonyl (C=O) groups is 2. The van der Waals surface area contributed by atoms with Crippen LogP contribution in [0.3, 0.4) is 0 Å². The van der Waals surface area contributed by atoms with E-state index in [1.807, 2.05) is 24.3 Å². The molecule has 144 valence electrons. The Bertz CT molecular complexity index is 958. The molecule has 2 amide bonds. The predicted molar refractivity (Wildman–Crippen MR) is 101 cm³/mol. The Morgan fingerprint density at radius 1 is 1.07 bits per heavy atom. The van der Waals surface area contributed by atoms with Crippen LogP contribution in [0.2, 0.25) is 0 Å². The Balaban J connectivity index is 1.53. The smallest absolute Gasteiger partial charge is 0.257 e. The molecule has 1 saturated heterocycles. The molecule has 5 nitrogen and oxygen atoms in total.